The standard InChI is InChI=1S/C28H37F3N4O3/c1-18-22(8-6-9-24(18)28(29,30)31)19(2)32-27(37)23-17-35(21-10-13-38-14-11-21)26(36)15-25(23)33-20-7-4-5-12-34(3)16-20/h6,8-9,15,17,19-21,33H,4-5,7,10-14,16H2,1-3H3,(H,32,37)/t19-,20-/m1/s1. The van der Waals surface area contributed by atoms with Crippen molar-refractivity contribution in [3.05, 3.63) is 63.1 Å². The van der Waals surface area contributed by atoms with E-state index < -0.39 is 23.7 Å². The number of aromatic nitrogens is 1. The van der Waals surface area contributed by atoms with Gasteiger partial charge in [-0.25, -0.2) is 0 Å². The van der Waals surface area contributed by atoms with E-state index in [-0.39, 0.29) is 23.2 Å². The van der Waals surface area contributed by atoms with E-state index in [9.17, 15) is 22.8 Å². The van der Waals surface area contributed by atoms with Crippen molar-refractivity contribution in [1.29, 1.82) is 0 Å². The lowest BCUT2D eigenvalue weighted by molar-refractivity contribution is -0.138. The van der Waals surface area contributed by atoms with Crippen molar-refractivity contribution in [2.75, 3.05) is 38.7 Å². The highest BCUT2D eigenvalue weighted by Crippen LogP contribution is 2.34. The Hall–Kier alpha value is -2.85. The number of hydrogen-bond donors (Lipinski definition) is 2. The van der Waals surface area contributed by atoms with Crippen molar-refractivity contribution in [2.45, 2.75) is 70.3 Å². The fourth-order valence-electron chi connectivity index (χ4n) is 5.55. The SMILES string of the molecule is Cc1c([C@@H](C)NC(=O)c2cn(C3CCOCC3)c(=O)cc2N[C@@H]2CCCCN(C)C2)cccc1C(F)(F)F. The number of nitrogens with zero attached hydrogens (tertiary/aromatic N) is 2. The molecule has 2 aliphatic heterocycles. The van der Waals surface area contributed by atoms with Gasteiger partial charge in [0.25, 0.3) is 11.5 Å². The van der Waals surface area contributed by atoms with Gasteiger partial charge in [-0.15, -0.1) is 0 Å². The monoisotopic (exact) mass is 534 g/mol. The Morgan fingerprint density at radius 2 is 1.89 bits per heavy atom. The van der Waals surface area contributed by atoms with E-state index in [1.54, 1.807) is 23.8 Å². The van der Waals surface area contributed by atoms with Crippen LogP contribution in [-0.4, -0.2) is 54.8 Å². The fourth-order valence-corrected chi connectivity index (χ4v) is 5.55. The second-order valence-electron chi connectivity index (χ2n) is 10.5. The molecule has 1 aromatic heterocycles. The lowest BCUT2D eigenvalue weighted by Gasteiger charge is -2.27. The van der Waals surface area contributed by atoms with Crippen molar-refractivity contribution in [2.24, 2.45) is 0 Å². The molecule has 3 heterocycles. The number of nitrogens with one attached hydrogen (secondary N) is 2. The molecule has 2 saturated heterocycles. The highest BCUT2D eigenvalue weighted by atomic mass is 19.4. The molecule has 0 radical (unpaired) electrons. The van der Waals surface area contributed by atoms with Gasteiger partial charge in [0.15, 0.2) is 0 Å². The summed E-state index contributed by atoms with van der Waals surface area (Å²) < 4.78 is 47.4. The minimum atomic E-state index is -4.48. The summed E-state index contributed by atoms with van der Waals surface area (Å²) in [5.74, 6) is -0.445. The van der Waals surface area contributed by atoms with Gasteiger partial charge in [0.1, 0.15) is 0 Å². The zero-order valence-electron chi connectivity index (χ0n) is 22.2. The number of rotatable bonds is 6. The average Bonchev–Trinajstić information content (AvgIpc) is 3.07. The zero-order chi connectivity index (χ0) is 27.4. The Bertz CT molecular complexity index is 1190. The molecule has 4 rings (SSSR count). The van der Waals surface area contributed by atoms with Crippen LogP contribution in [0.4, 0.5) is 18.9 Å². The molecular formula is C28H37F3N4O3. The summed E-state index contributed by atoms with van der Waals surface area (Å²) in [4.78, 5) is 29.0. The van der Waals surface area contributed by atoms with Crippen LogP contribution in [0.3, 0.4) is 0 Å². The third-order valence-corrected chi connectivity index (χ3v) is 7.64. The minimum Gasteiger partial charge on any atom is -0.381 e. The van der Waals surface area contributed by atoms with Crippen LogP contribution in [0, 0.1) is 6.92 Å². The zero-order valence-corrected chi connectivity index (χ0v) is 22.2. The van der Waals surface area contributed by atoms with E-state index in [4.69, 9.17) is 4.74 Å². The molecule has 2 fully saturated rings. The molecule has 1 aromatic carbocycles. The van der Waals surface area contributed by atoms with E-state index >= 15 is 0 Å². The molecule has 0 aliphatic carbocycles. The second-order valence-corrected chi connectivity index (χ2v) is 10.5. The van der Waals surface area contributed by atoms with Crippen LogP contribution in [0.15, 0.2) is 35.3 Å². The number of amides is 1. The highest BCUT2D eigenvalue weighted by Gasteiger charge is 2.33. The van der Waals surface area contributed by atoms with E-state index in [1.165, 1.54) is 19.1 Å². The maximum atomic E-state index is 13.6. The predicted octanol–water partition coefficient (Wildman–Crippen LogP) is 4.91. The molecule has 10 heteroatoms. The normalized spacial score (nSPS) is 20.5. The Kier molecular flexibility index (Phi) is 8.82. The molecule has 2 aromatic rings. The summed E-state index contributed by atoms with van der Waals surface area (Å²) in [6.45, 7) is 5.94. The smallest absolute Gasteiger partial charge is 0.381 e. The molecule has 7 nitrogen and oxygen atoms in total. The van der Waals surface area contributed by atoms with Crippen LogP contribution < -0.4 is 16.2 Å². The average molecular weight is 535 g/mol. The number of likely N-dealkylation sites (N-methyl/N-ethyl adjacent to an activating group) is 1. The number of hydrogen-bond acceptors (Lipinski definition) is 5. The molecule has 0 spiro atoms. The first kappa shape index (κ1) is 28.2. The van der Waals surface area contributed by atoms with Crippen LogP contribution in [0.1, 0.15) is 78.2 Å². The lowest BCUT2D eigenvalue weighted by Crippen LogP contribution is -2.36. The molecule has 0 bridgehead atoms. The number of anilines is 1. The van der Waals surface area contributed by atoms with Gasteiger partial charge in [0.05, 0.1) is 22.9 Å². The van der Waals surface area contributed by atoms with Crippen molar-refractivity contribution < 1.29 is 22.7 Å². The molecule has 0 unspecified atom stereocenters. The van der Waals surface area contributed by atoms with Gasteiger partial charge in [-0.2, -0.15) is 13.2 Å². The van der Waals surface area contributed by atoms with Crippen molar-refractivity contribution in [3.8, 4) is 0 Å². The van der Waals surface area contributed by atoms with E-state index in [2.05, 4.69) is 22.6 Å². The van der Waals surface area contributed by atoms with E-state index in [1.807, 2.05) is 0 Å². The van der Waals surface area contributed by atoms with Gasteiger partial charge < -0.3 is 24.8 Å². The van der Waals surface area contributed by atoms with E-state index in [0.29, 0.717) is 42.9 Å². The molecule has 208 valence electrons. The summed E-state index contributed by atoms with van der Waals surface area (Å²) in [6, 6.07) is 4.79. The number of ether oxygens (including phenoxy) is 1. The maximum Gasteiger partial charge on any atom is 0.416 e. The summed E-state index contributed by atoms with van der Waals surface area (Å²) in [6.07, 6.45) is 1.49. The van der Waals surface area contributed by atoms with E-state index in [0.717, 1.165) is 38.4 Å². The summed E-state index contributed by atoms with van der Waals surface area (Å²) in [7, 11) is 2.05. The van der Waals surface area contributed by atoms with Crippen LogP contribution in [0.2, 0.25) is 0 Å². The Balaban J connectivity index is 1.65. The topological polar surface area (TPSA) is 75.6 Å². The first-order valence-corrected chi connectivity index (χ1v) is 13.3. The van der Waals surface area contributed by atoms with Crippen LogP contribution in [-0.2, 0) is 10.9 Å². The van der Waals surface area contributed by atoms with Gasteiger partial charge >= 0.3 is 6.18 Å². The number of pyridine rings is 1. The Morgan fingerprint density at radius 3 is 2.61 bits per heavy atom. The molecule has 38 heavy (non-hydrogen) atoms. The molecule has 2 aliphatic rings. The van der Waals surface area contributed by atoms with Gasteiger partial charge in [-0.3, -0.25) is 9.59 Å². The second kappa shape index (κ2) is 11.9. The number of benzene rings is 1. The maximum absolute atomic E-state index is 13.6. The quantitative estimate of drug-likeness (QED) is 0.551. The number of likely N-dealkylation sites (tertiary alicyclic amines) is 1. The summed E-state index contributed by atoms with van der Waals surface area (Å²) >= 11 is 0. The Labute approximate surface area is 221 Å². The van der Waals surface area contributed by atoms with Gasteiger partial charge in [-0.05, 0) is 70.3 Å². The number of carbonyl (C=O) groups is 1. The minimum absolute atomic E-state index is 0.0653. The molecular weight excluding hydrogens is 497 g/mol. The number of halogens is 3. The first-order valence-electron chi connectivity index (χ1n) is 13.3. The molecule has 1 amide bonds. The lowest BCUT2D eigenvalue weighted by atomic mass is 9.97. The number of carbonyl (C=O) groups excluding carboxylic acids is 1. The largest absolute Gasteiger partial charge is 0.416 e. The molecule has 2 N–H and O–H groups in total. The van der Waals surface area contributed by atoms with Crippen molar-refractivity contribution in [1.82, 2.24) is 14.8 Å². The third kappa shape index (κ3) is 6.58. The van der Waals surface area contributed by atoms with Gasteiger partial charge in [-0.1, -0.05) is 18.6 Å². The third-order valence-electron chi connectivity index (χ3n) is 7.64. The summed E-state index contributed by atoms with van der Waals surface area (Å²) in [5.41, 5.74) is 0.317. The first-order chi connectivity index (χ1) is 18.0. The van der Waals surface area contributed by atoms with Gasteiger partial charge in [0.2, 0.25) is 0 Å². The van der Waals surface area contributed by atoms with Gasteiger partial charge in [0, 0.05) is 44.1 Å². The number of alkyl halides is 3. The molecule has 0 saturated carbocycles. The van der Waals surface area contributed by atoms with Crippen LogP contribution >= 0.6 is 0 Å². The highest BCUT2D eigenvalue weighted by molar-refractivity contribution is 5.99. The predicted molar refractivity (Wildman–Crippen MR) is 141 cm³/mol. The van der Waals surface area contributed by atoms with Crippen LogP contribution in [0.25, 0.3) is 0 Å². The van der Waals surface area contributed by atoms with Crippen LogP contribution in [0.5, 0.6) is 0 Å². The van der Waals surface area contributed by atoms with Crippen molar-refractivity contribution >= 4 is 11.6 Å². The fraction of sp³-hybridized carbons (Fsp3) is 0.571. The van der Waals surface area contributed by atoms with Crippen molar-refractivity contribution in [3.63, 3.8) is 0 Å². The molecule has 2 atom stereocenters. The summed E-state index contributed by atoms with van der Waals surface area (Å²) in [5, 5.41) is 6.32. The Morgan fingerprint density at radius 1 is 1.16 bits per heavy atom.